The Balaban J connectivity index is 2.23. The zero-order chi connectivity index (χ0) is 8.10. The number of hydrogen-bond acceptors (Lipinski definition) is 3. The van der Waals surface area contributed by atoms with Crippen LogP contribution in [-0.2, 0) is 6.42 Å². The minimum atomic E-state index is -0.190. The molecule has 11 heavy (non-hydrogen) atoms. The molecule has 1 rings (SSSR count). The second-order valence-corrected chi connectivity index (χ2v) is 2.63. The lowest BCUT2D eigenvalue weighted by molar-refractivity contribution is 0.160. The SMILES string of the molecule is CCC(O)CCc1cnoc1. The van der Waals surface area contributed by atoms with E-state index in [1.807, 2.05) is 6.92 Å². The summed E-state index contributed by atoms with van der Waals surface area (Å²) in [5.41, 5.74) is 1.05. The predicted octanol–water partition coefficient (Wildman–Crippen LogP) is 1.38. The summed E-state index contributed by atoms with van der Waals surface area (Å²) in [6.07, 6.45) is 5.55. The predicted molar refractivity (Wildman–Crippen MR) is 41.1 cm³/mol. The molecule has 1 aromatic rings. The molecule has 1 atom stereocenters. The van der Waals surface area contributed by atoms with Crippen molar-refractivity contribution >= 4 is 0 Å². The van der Waals surface area contributed by atoms with Crippen molar-refractivity contribution in [1.29, 1.82) is 0 Å². The van der Waals surface area contributed by atoms with Crippen LogP contribution in [0.1, 0.15) is 25.3 Å². The van der Waals surface area contributed by atoms with Crippen LogP contribution in [0.3, 0.4) is 0 Å². The Labute approximate surface area is 66.0 Å². The van der Waals surface area contributed by atoms with Gasteiger partial charge in [-0.2, -0.15) is 0 Å². The minimum absolute atomic E-state index is 0.190. The van der Waals surface area contributed by atoms with Gasteiger partial charge in [0.2, 0.25) is 0 Å². The zero-order valence-corrected chi connectivity index (χ0v) is 6.66. The summed E-state index contributed by atoms with van der Waals surface area (Å²) in [6, 6.07) is 0. The Kier molecular flexibility index (Phi) is 3.11. The van der Waals surface area contributed by atoms with Gasteiger partial charge in [0, 0.05) is 5.56 Å². The number of hydrogen-bond donors (Lipinski definition) is 1. The fourth-order valence-electron chi connectivity index (χ4n) is 0.888. The first kappa shape index (κ1) is 8.27. The number of aromatic nitrogens is 1. The lowest BCUT2D eigenvalue weighted by Gasteiger charge is -2.04. The summed E-state index contributed by atoms with van der Waals surface area (Å²) in [4.78, 5) is 0. The molecule has 1 N–H and O–H groups in total. The van der Waals surface area contributed by atoms with Crippen molar-refractivity contribution in [3.8, 4) is 0 Å². The molecule has 1 aromatic heterocycles. The van der Waals surface area contributed by atoms with Gasteiger partial charge in [-0.1, -0.05) is 12.1 Å². The molecular formula is C8H13NO2. The Bertz CT molecular complexity index is 184. The van der Waals surface area contributed by atoms with Crippen molar-refractivity contribution in [1.82, 2.24) is 5.16 Å². The molecule has 0 aliphatic heterocycles. The molecule has 0 fully saturated rings. The molecule has 0 saturated heterocycles. The average Bonchev–Trinajstić information content (AvgIpc) is 2.52. The largest absolute Gasteiger partial charge is 0.393 e. The van der Waals surface area contributed by atoms with Crippen LogP contribution in [0.2, 0.25) is 0 Å². The Hall–Kier alpha value is -0.830. The number of nitrogens with zero attached hydrogens (tertiary/aromatic N) is 1. The third-order valence-corrected chi connectivity index (χ3v) is 1.72. The van der Waals surface area contributed by atoms with E-state index < -0.39 is 0 Å². The molecule has 0 bridgehead atoms. The number of rotatable bonds is 4. The maximum absolute atomic E-state index is 9.21. The van der Waals surface area contributed by atoms with Crippen LogP contribution in [0.5, 0.6) is 0 Å². The standard InChI is InChI=1S/C8H13NO2/c1-2-8(10)4-3-7-5-9-11-6-7/h5-6,8,10H,2-4H2,1H3. The third kappa shape index (κ3) is 2.72. The van der Waals surface area contributed by atoms with E-state index in [9.17, 15) is 5.11 Å². The first-order valence-electron chi connectivity index (χ1n) is 3.89. The Morgan fingerprint density at radius 1 is 1.73 bits per heavy atom. The van der Waals surface area contributed by atoms with Crippen molar-refractivity contribution in [2.45, 2.75) is 32.3 Å². The highest BCUT2D eigenvalue weighted by Gasteiger charge is 2.01. The highest BCUT2D eigenvalue weighted by molar-refractivity contribution is 5.00. The molecule has 1 heterocycles. The molecule has 3 heteroatoms. The highest BCUT2D eigenvalue weighted by atomic mass is 16.5. The number of aliphatic hydroxyl groups excluding tert-OH is 1. The third-order valence-electron chi connectivity index (χ3n) is 1.72. The second-order valence-electron chi connectivity index (χ2n) is 2.63. The van der Waals surface area contributed by atoms with E-state index in [2.05, 4.69) is 9.68 Å². The van der Waals surface area contributed by atoms with Crippen LogP contribution in [0, 0.1) is 0 Å². The van der Waals surface area contributed by atoms with Gasteiger partial charge in [-0.3, -0.25) is 0 Å². The van der Waals surface area contributed by atoms with Crippen LogP contribution >= 0.6 is 0 Å². The molecule has 0 saturated carbocycles. The van der Waals surface area contributed by atoms with Crippen LogP contribution in [0.15, 0.2) is 17.0 Å². The Morgan fingerprint density at radius 3 is 3.09 bits per heavy atom. The van der Waals surface area contributed by atoms with Gasteiger partial charge in [-0.15, -0.1) is 0 Å². The fourth-order valence-corrected chi connectivity index (χ4v) is 0.888. The van der Waals surface area contributed by atoms with Gasteiger partial charge in [0.25, 0.3) is 0 Å². The molecule has 0 spiro atoms. The Morgan fingerprint density at radius 2 is 2.55 bits per heavy atom. The minimum Gasteiger partial charge on any atom is -0.393 e. The van der Waals surface area contributed by atoms with Crippen LogP contribution in [0.4, 0.5) is 0 Å². The molecule has 62 valence electrons. The van der Waals surface area contributed by atoms with E-state index in [1.54, 1.807) is 12.5 Å². The zero-order valence-electron chi connectivity index (χ0n) is 6.66. The van der Waals surface area contributed by atoms with Gasteiger partial charge in [-0.25, -0.2) is 0 Å². The van der Waals surface area contributed by atoms with Gasteiger partial charge >= 0.3 is 0 Å². The molecule has 0 amide bonds. The van der Waals surface area contributed by atoms with E-state index in [4.69, 9.17) is 0 Å². The first-order valence-corrected chi connectivity index (χ1v) is 3.89. The molecule has 0 radical (unpaired) electrons. The molecule has 0 aliphatic rings. The van der Waals surface area contributed by atoms with Crippen LogP contribution < -0.4 is 0 Å². The van der Waals surface area contributed by atoms with E-state index in [0.29, 0.717) is 0 Å². The van der Waals surface area contributed by atoms with Crippen molar-refractivity contribution in [2.75, 3.05) is 0 Å². The van der Waals surface area contributed by atoms with Crippen molar-refractivity contribution in [2.24, 2.45) is 0 Å². The molecule has 0 aliphatic carbocycles. The monoisotopic (exact) mass is 155 g/mol. The van der Waals surface area contributed by atoms with Crippen molar-refractivity contribution in [3.63, 3.8) is 0 Å². The van der Waals surface area contributed by atoms with Crippen molar-refractivity contribution < 1.29 is 9.63 Å². The summed E-state index contributed by atoms with van der Waals surface area (Å²) in [6.45, 7) is 1.97. The quantitative estimate of drug-likeness (QED) is 0.714. The molecule has 0 aromatic carbocycles. The molecular weight excluding hydrogens is 142 g/mol. The molecule has 3 nitrogen and oxygen atoms in total. The van der Waals surface area contributed by atoms with Gasteiger partial charge < -0.3 is 9.63 Å². The summed E-state index contributed by atoms with van der Waals surface area (Å²) in [5, 5.41) is 12.8. The van der Waals surface area contributed by atoms with Crippen molar-refractivity contribution in [3.05, 3.63) is 18.0 Å². The fraction of sp³-hybridized carbons (Fsp3) is 0.625. The first-order chi connectivity index (χ1) is 5.33. The smallest absolute Gasteiger partial charge is 0.126 e. The van der Waals surface area contributed by atoms with Gasteiger partial charge in [0.1, 0.15) is 6.26 Å². The van der Waals surface area contributed by atoms with E-state index in [-0.39, 0.29) is 6.10 Å². The second kappa shape index (κ2) is 4.13. The van der Waals surface area contributed by atoms with E-state index >= 15 is 0 Å². The van der Waals surface area contributed by atoms with Crippen LogP contribution in [-0.4, -0.2) is 16.4 Å². The van der Waals surface area contributed by atoms with Crippen LogP contribution in [0.25, 0.3) is 0 Å². The maximum Gasteiger partial charge on any atom is 0.126 e. The topological polar surface area (TPSA) is 46.3 Å². The van der Waals surface area contributed by atoms with Gasteiger partial charge in [0.15, 0.2) is 0 Å². The average molecular weight is 155 g/mol. The number of aliphatic hydroxyl groups is 1. The summed E-state index contributed by atoms with van der Waals surface area (Å²) in [7, 11) is 0. The summed E-state index contributed by atoms with van der Waals surface area (Å²) >= 11 is 0. The molecule has 1 unspecified atom stereocenters. The lowest BCUT2D eigenvalue weighted by Crippen LogP contribution is -2.05. The van der Waals surface area contributed by atoms with Gasteiger partial charge in [-0.05, 0) is 19.3 Å². The summed E-state index contributed by atoms with van der Waals surface area (Å²) < 4.78 is 4.65. The van der Waals surface area contributed by atoms with E-state index in [1.165, 1.54) is 0 Å². The normalized spacial score (nSPS) is 13.3. The van der Waals surface area contributed by atoms with Gasteiger partial charge in [0.05, 0.1) is 12.3 Å². The summed E-state index contributed by atoms with van der Waals surface area (Å²) in [5.74, 6) is 0. The maximum atomic E-state index is 9.21. The highest BCUT2D eigenvalue weighted by Crippen LogP contribution is 2.05. The number of aryl methyl sites for hydroxylation is 1. The lowest BCUT2D eigenvalue weighted by atomic mass is 10.1. The van der Waals surface area contributed by atoms with E-state index in [0.717, 1.165) is 24.8 Å².